The number of rotatable bonds is 6. The van der Waals surface area contributed by atoms with Gasteiger partial charge in [-0.25, -0.2) is 9.67 Å². The van der Waals surface area contributed by atoms with E-state index in [0.29, 0.717) is 23.9 Å². The molecule has 3 aromatic carbocycles. The van der Waals surface area contributed by atoms with Crippen LogP contribution in [0.25, 0.3) is 17.1 Å². The summed E-state index contributed by atoms with van der Waals surface area (Å²) in [4.78, 5) is 4.44. The summed E-state index contributed by atoms with van der Waals surface area (Å²) in [5.41, 5.74) is 3.84. The molecule has 29 heavy (non-hydrogen) atoms. The van der Waals surface area contributed by atoms with Crippen LogP contribution in [-0.2, 0) is 6.61 Å². The van der Waals surface area contributed by atoms with Gasteiger partial charge in [0.2, 0.25) is 0 Å². The Morgan fingerprint density at radius 2 is 1.79 bits per heavy atom. The average molecular weight is 406 g/mol. The molecule has 4 rings (SSSR count). The molecular formula is C23H20ClN3O2. The quantitative estimate of drug-likeness (QED) is 0.426. The first-order chi connectivity index (χ1) is 14.2. The van der Waals surface area contributed by atoms with Crippen LogP contribution in [-0.4, -0.2) is 21.9 Å². The van der Waals surface area contributed by atoms with Gasteiger partial charge < -0.3 is 9.47 Å². The lowest BCUT2D eigenvalue weighted by molar-refractivity contribution is 0.284. The Hall–Kier alpha value is -3.31. The maximum atomic E-state index is 6.15. The van der Waals surface area contributed by atoms with Gasteiger partial charge in [-0.1, -0.05) is 41.9 Å². The maximum absolute atomic E-state index is 6.15. The molecule has 0 unspecified atom stereocenters. The number of aromatic nitrogens is 3. The summed E-state index contributed by atoms with van der Waals surface area (Å²) in [6.07, 6.45) is 1.53. The largest absolute Gasteiger partial charge is 0.493 e. The predicted molar refractivity (Wildman–Crippen MR) is 114 cm³/mol. The summed E-state index contributed by atoms with van der Waals surface area (Å²) in [5.74, 6) is 2.02. The molecule has 0 saturated carbocycles. The highest BCUT2D eigenvalue weighted by Crippen LogP contribution is 2.33. The summed E-state index contributed by atoms with van der Waals surface area (Å²) in [6, 6.07) is 21.5. The van der Waals surface area contributed by atoms with E-state index in [1.165, 1.54) is 6.33 Å². The Balaban J connectivity index is 1.63. The van der Waals surface area contributed by atoms with Gasteiger partial charge in [0.1, 0.15) is 12.9 Å². The molecule has 0 bridgehead atoms. The number of ether oxygens (including phenoxy) is 2. The van der Waals surface area contributed by atoms with Crippen LogP contribution >= 0.6 is 11.6 Å². The van der Waals surface area contributed by atoms with E-state index >= 15 is 0 Å². The molecule has 1 aromatic heterocycles. The van der Waals surface area contributed by atoms with E-state index in [-0.39, 0.29) is 0 Å². The number of hydrogen-bond acceptors (Lipinski definition) is 4. The van der Waals surface area contributed by atoms with Crippen LogP contribution in [0.4, 0.5) is 0 Å². The third kappa shape index (κ3) is 4.10. The van der Waals surface area contributed by atoms with Crippen molar-refractivity contribution in [3.05, 3.63) is 89.2 Å². The van der Waals surface area contributed by atoms with Crippen molar-refractivity contribution < 1.29 is 9.47 Å². The first-order valence-electron chi connectivity index (χ1n) is 9.17. The first-order valence-corrected chi connectivity index (χ1v) is 9.55. The van der Waals surface area contributed by atoms with Gasteiger partial charge in [0, 0.05) is 10.6 Å². The van der Waals surface area contributed by atoms with Gasteiger partial charge in [-0.15, -0.1) is 0 Å². The molecule has 0 saturated heterocycles. The summed E-state index contributed by atoms with van der Waals surface area (Å²) >= 11 is 6.15. The summed E-state index contributed by atoms with van der Waals surface area (Å²) in [5, 5.41) is 5.10. The van der Waals surface area contributed by atoms with Crippen LogP contribution in [0.15, 0.2) is 73.1 Å². The Morgan fingerprint density at radius 3 is 2.55 bits per heavy atom. The number of benzene rings is 3. The molecule has 4 aromatic rings. The van der Waals surface area contributed by atoms with Gasteiger partial charge in [0.15, 0.2) is 17.3 Å². The van der Waals surface area contributed by atoms with Crippen molar-refractivity contribution in [2.24, 2.45) is 0 Å². The van der Waals surface area contributed by atoms with E-state index in [1.54, 1.807) is 11.8 Å². The monoisotopic (exact) mass is 405 g/mol. The summed E-state index contributed by atoms with van der Waals surface area (Å²) in [6.45, 7) is 2.43. The van der Waals surface area contributed by atoms with Crippen LogP contribution in [0.3, 0.4) is 0 Å². The van der Waals surface area contributed by atoms with E-state index in [4.69, 9.17) is 21.1 Å². The Bertz CT molecular complexity index is 1130. The molecule has 5 nitrogen and oxygen atoms in total. The predicted octanol–water partition coefficient (Wildman–Crippen LogP) is 5.48. The zero-order chi connectivity index (χ0) is 20.2. The van der Waals surface area contributed by atoms with Gasteiger partial charge >= 0.3 is 0 Å². The molecule has 6 heteroatoms. The summed E-state index contributed by atoms with van der Waals surface area (Å²) in [7, 11) is 1.63. The molecule has 0 N–H and O–H groups in total. The minimum Gasteiger partial charge on any atom is -0.493 e. The molecule has 1 heterocycles. The van der Waals surface area contributed by atoms with E-state index in [1.807, 2.05) is 73.7 Å². The number of hydrogen-bond donors (Lipinski definition) is 0. The summed E-state index contributed by atoms with van der Waals surface area (Å²) < 4.78 is 13.3. The molecule has 0 atom stereocenters. The van der Waals surface area contributed by atoms with Crippen molar-refractivity contribution in [3.8, 4) is 28.6 Å². The Kier molecular flexibility index (Phi) is 5.49. The van der Waals surface area contributed by atoms with Gasteiger partial charge in [-0.05, 0) is 54.4 Å². The first kappa shape index (κ1) is 19.0. The van der Waals surface area contributed by atoms with Gasteiger partial charge in [-0.2, -0.15) is 5.10 Å². The van der Waals surface area contributed by atoms with Crippen LogP contribution in [0.5, 0.6) is 11.5 Å². The second-order valence-corrected chi connectivity index (χ2v) is 6.98. The van der Waals surface area contributed by atoms with E-state index in [2.05, 4.69) is 10.1 Å². The van der Waals surface area contributed by atoms with Crippen molar-refractivity contribution >= 4 is 11.6 Å². The van der Waals surface area contributed by atoms with Crippen molar-refractivity contribution in [1.29, 1.82) is 0 Å². The minimum absolute atomic E-state index is 0.469. The van der Waals surface area contributed by atoms with Gasteiger partial charge in [0.25, 0.3) is 0 Å². The molecule has 146 valence electrons. The average Bonchev–Trinajstić information content (AvgIpc) is 3.25. The SMILES string of the molecule is COc1cc(-c2ncnn2-c2ccc(Cl)c(C)c2)ccc1OCc1ccccc1. The van der Waals surface area contributed by atoms with Crippen molar-refractivity contribution in [3.63, 3.8) is 0 Å². The van der Waals surface area contributed by atoms with Crippen molar-refractivity contribution in [2.45, 2.75) is 13.5 Å². The number of aryl methyl sites for hydroxylation is 1. The fraction of sp³-hybridized carbons (Fsp3) is 0.130. The maximum Gasteiger partial charge on any atom is 0.163 e. The standard InChI is InChI=1S/C23H20ClN3O2/c1-16-12-19(9-10-20(16)24)27-23(25-15-26-27)18-8-11-21(22(13-18)28-2)29-14-17-6-4-3-5-7-17/h3-13,15H,14H2,1-2H3. The molecule has 0 spiro atoms. The second kappa shape index (κ2) is 8.37. The highest BCUT2D eigenvalue weighted by atomic mass is 35.5. The van der Waals surface area contributed by atoms with E-state index in [0.717, 1.165) is 27.4 Å². The smallest absolute Gasteiger partial charge is 0.163 e. The third-order valence-corrected chi connectivity index (χ3v) is 5.02. The third-order valence-electron chi connectivity index (χ3n) is 4.59. The topological polar surface area (TPSA) is 49.2 Å². The van der Waals surface area contributed by atoms with Crippen LogP contribution in [0, 0.1) is 6.92 Å². The molecule has 0 aliphatic carbocycles. The van der Waals surface area contributed by atoms with Crippen molar-refractivity contribution in [1.82, 2.24) is 14.8 Å². The van der Waals surface area contributed by atoms with Crippen LogP contribution < -0.4 is 9.47 Å². The minimum atomic E-state index is 0.469. The van der Waals surface area contributed by atoms with Crippen LogP contribution in [0.2, 0.25) is 5.02 Å². The molecule has 0 aliphatic rings. The lowest BCUT2D eigenvalue weighted by Crippen LogP contribution is -2.01. The normalized spacial score (nSPS) is 10.7. The van der Waals surface area contributed by atoms with Crippen molar-refractivity contribution in [2.75, 3.05) is 7.11 Å². The molecule has 0 radical (unpaired) electrons. The lowest BCUT2D eigenvalue weighted by Gasteiger charge is -2.13. The second-order valence-electron chi connectivity index (χ2n) is 6.57. The molecule has 0 aliphatic heterocycles. The highest BCUT2D eigenvalue weighted by Gasteiger charge is 2.14. The molecule has 0 amide bonds. The van der Waals surface area contributed by atoms with E-state index < -0.39 is 0 Å². The fourth-order valence-electron chi connectivity index (χ4n) is 3.05. The zero-order valence-corrected chi connectivity index (χ0v) is 16.9. The Morgan fingerprint density at radius 1 is 0.966 bits per heavy atom. The van der Waals surface area contributed by atoms with E-state index in [9.17, 15) is 0 Å². The fourth-order valence-corrected chi connectivity index (χ4v) is 3.17. The molecule has 0 fully saturated rings. The Labute approximate surface area is 174 Å². The number of halogens is 1. The van der Waals surface area contributed by atoms with Gasteiger partial charge in [-0.3, -0.25) is 0 Å². The molecular weight excluding hydrogens is 386 g/mol. The number of methoxy groups -OCH3 is 1. The lowest BCUT2D eigenvalue weighted by atomic mass is 10.1. The highest BCUT2D eigenvalue weighted by molar-refractivity contribution is 6.31. The van der Waals surface area contributed by atoms with Crippen LogP contribution in [0.1, 0.15) is 11.1 Å². The van der Waals surface area contributed by atoms with Gasteiger partial charge in [0.05, 0.1) is 12.8 Å². The zero-order valence-electron chi connectivity index (χ0n) is 16.2. The number of nitrogens with zero attached hydrogens (tertiary/aromatic N) is 3.